The van der Waals surface area contributed by atoms with Crippen molar-refractivity contribution >= 4 is 48.6 Å². The van der Waals surface area contributed by atoms with E-state index in [1.54, 1.807) is 0 Å². The molecule has 9 aromatic carbocycles. The minimum Gasteiger partial charge on any atom is -0.309 e. The van der Waals surface area contributed by atoms with Crippen LogP contribution in [0.15, 0.2) is 224 Å². The molecule has 0 atom stereocenters. The molecule has 0 unspecified atom stereocenters. The zero-order valence-corrected chi connectivity index (χ0v) is 31.5. The molecule has 0 spiro atoms. The maximum Gasteiger partial charge on any atom is 0.0618 e. The lowest BCUT2D eigenvalue weighted by Crippen LogP contribution is -2.13. The summed E-state index contributed by atoms with van der Waals surface area (Å²) in [6.07, 6.45) is 0. The smallest absolute Gasteiger partial charge is 0.0618 e. The maximum absolute atomic E-state index is 2.48. The number of hydrogen-bond acceptors (Lipinski definition) is 2. The highest BCUT2D eigenvalue weighted by Gasteiger charge is 2.24. The van der Waals surface area contributed by atoms with Crippen molar-refractivity contribution in [3.05, 3.63) is 224 Å². The fourth-order valence-corrected chi connectivity index (χ4v) is 8.98. The molecule has 56 heavy (non-hydrogen) atoms. The third kappa shape index (κ3) is 6.36. The molecule has 0 amide bonds. The Balaban J connectivity index is 1.21. The summed E-state index contributed by atoms with van der Waals surface area (Å²) < 4.78 is 2.59. The van der Waals surface area contributed by atoms with Gasteiger partial charge in [0.05, 0.1) is 5.69 Å². The molecule has 10 aromatic rings. The van der Waals surface area contributed by atoms with E-state index < -0.39 is 0 Å². The lowest BCUT2D eigenvalue weighted by atomic mass is 9.89. The molecule has 1 nitrogen and oxygen atoms in total. The number of fused-ring (bicyclic) bond motifs is 3. The molecule has 1 aromatic heterocycles. The van der Waals surface area contributed by atoms with Gasteiger partial charge in [0.15, 0.2) is 0 Å². The molecular weight excluding hydrogens is 695 g/mol. The molecule has 0 aliphatic rings. The largest absolute Gasteiger partial charge is 0.309 e. The highest BCUT2D eigenvalue weighted by Crippen LogP contribution is 2.50. The highest BCUT2D eigenvalue weighted by molar-refractivity contribution is 7.25. The van der Waals surface area contributed by atoms with Crippen molar-refractivity contribution in [3.8, 4) is 55.6 Å². The van der Waals surface area contributed by atoms with Gasteiger partial charge in [-0.15, -0.1) is 11.3 Å². The van der Waals surface area contributed by atoms with Crippen molar-refractivity contribution in [1.82, 2.24) is 0 Å². The van der Waals surface area contributed by atoms with Gasteiger partial charge in [0.1, 0.15) is 0 Å². The number of hydrogen-bond donors (Lipinski definition) is 0. The van der Waals surface area contributed by atoms with Crippen LogP contribution in [0.25, 0.3) is 75.8 Å². The van der Waals surface area contributed by atoms with Crippen LogP contribution in [0.5, 0.6) is 0 Å². The van der Waals surface area contributed by atoms with Crippen LogP contribution in [-0.2, 0) is 0 Å². The molecule has 1 heterocycles. The van der Waals surface area contributed by atoms with Crippen LogP contribution in [0.2, 0.25) is 0 Å². The third-order valence-corrected chi connectivity index (χ3v) is 11.8. The Bertz CT molecular complexity index is 2850. The zero-order valence-electron chi connectivity index (χ0n) is 30.7. The Kier molecular flexibility index (Phi) is 8.79. The fourth-order valence-electron chi connectivity index (χ4n) is 7.90. The summed E-state index contributed by atoms with van der Waals surface area (Å²) in [5.41, 5.74) is 15.2. The van der Waals surface area contributed by atoms with E-state index in [-0.39, 0.29) is 0 Å². The summed E-state index contributed by atoms with van der Waals surface area (Å²) in [6, 6.07) is 81.5. The molecule has 2 heteroatoms. The van der Waals surface area contributed by atoms with Crippen LogP contribution < -0.4 is 4.90 Å². The molecule has 0 fully saturated rings. The van der Waals surface area contributed by atoms with Crippen LogP contribution in [-0.4, -0.2) is 0 Å². The van der Waals surface area contributed by atoms with Crippen LogP contribution in [0.1, 0.15) is 0 Å². The van der Waals surface area contributed by atoms with Gasteiger partial charge in [-0.3, -0.25) is 0 Å². The molecule has 0 N–H and O–H groups in total. The summed E-state index contributed by atoms with van der Waals surface area (Å²) in [5.74, 6) is 0. The van der Waals surface area contributed by atoms with Crippen LogP contribution >= 0.6 is 11.3 Å². The van der Waals surface area contributed by atoms with E-state index in [1.807, 2.05) is 11.3 Å². The van der Waals surface area contributed by atoms with Crippen molar-refractivity contribution in [2.75, 3.05) is 4.90 Å². The van der Waals surface area contributed by atoms with Crippen LogP contribution in [0, 0.1) is 0 Å². The first kappa shape index (κ1) is 33.6. The Hall–Kier alpha value is -7.00. The maximum atomic E-state index is 2.48. The molecule has 0 bridgehead atoms. The van der Waals surface area contributed by atoms with Gasteiger partial charge >= 0.3 is 0 Å². The topological polar surface area (TPSA) is 3.24 Å². The number of anilines is 3. The normalized spacial score (nSPS) is 11.2. The predicted octanol–water partition coefficient (Wildman–Crippen LogP) is 15.9. The van der Waals surface area contributed by atoms with Crippen molar-refractivity contribution in [2.45, 2.75) is 0 Å². The van der Waals surface area contributed by atoms with Gasteiger partial charge in [-0.2, -0.15) is 0 Å². The predicted molar refractivity (Wildman–Crippen MR) is 241 cm³/mol. The second-order valence-electron chi connectivity index (χ2n) is 14.1. The molecule has 0 saturated carbocycles. The summed E-state index contributed by atoms with van der Waals surface area (Å²) in [5, 5.41) is 2.56. The van der Waals surface area contributed by atoms with Crippen molar-refractivity contribution in [2.24, 2.45) is 0 Å². The average Bonchev–Trinajstić information content (AvgIpc) is 3.66. The van der Waals surface area contributed by atoms with Gasteiger partial charge < -0.3 is 4.90 Å². The van der Waals surface area contributed by atoms with Crippen molar-refractivity contribution in [1.29, 1.82) is 0 Å². The van der Waals surface area contributed by atoms with E-state index >= 15 is 0 Å². The fraction of sp³-hybridized carbons (Fsp3) is 0. The zero-order chi connectivity index (χ0) is 37.3. The monoisotopic (exact) mass is 731 g/mol. The Morgan fingerprint density at radius 2 is 0.661 bits per heavy atom. The summed E-state index contributed by atoms with van der Waals surface area (Å²) >= 11 is 1.85. The van der Waals surface area contributed by atoms with Crippen LogP contribution in [0.3, 0.4) is 0 Å². The number of nitrogens with zero attached hydrogens (tertiary/aromatic N) is 1. The Labute approximate surface area is 332 Å². The molecular formula is C54H37NS. The first-order valence-electron chi connectivity index (χ1n) is 19.1. The lowest BCUT2D eigenvalue weighted by molar-refractivity contribution is 1.29. The molecule has 0 saturated heterocycles. The van der Waals surface area contributed by atoms with E-state index in [1.165, 1.54) is 75.8 Å². The Morgan fingerprint density at radius 3 is 1.20 bits per heavy atom. The Morgan fingerprint density at radius 1 is 0.268 bits per heavy atom. The van der Waals surface area contributed by atoms with Gasteiger partial charge in [0.25, 0.3) is 0 Å². The second-order valence-corrected chi connectivity index (χ2v) is 15.2. The van der Waals surface area contributed by atoms with E-state index in [2.05, 4.69) is 229 Å². The van der Waals surface area contributed by atoms with E-state index in [0.29, 0.717) is 0 Å². The average molecular weight is 732 g/mol. The number of thiophene rings is 1. The second kappa shape index (κ2) is 14.7. The van der Waals surface area contributed by atoms with Crippen molar-refractivity contribution < 1.29 is 0 Å². The minimum absolute atomic E-state index is 1.09. The lowest BCUT2D eigenvalue weighted by Gasteiger charge is -2.31. The van der Waals surface area contributed by atoms with Gasteiger partial charge in [-0.1, -0.05) is 176 Å². The molecule has 264 valence electrons. The minimum atomic E-state index is 1.09. The van der Waals surface area contributed by atoms with Gasteiger partial charge in [-0.25, -0.2) is 0 Å². The van der Waals surface area contributed by atoms with Gasteiger partial charge in [-0.05, 0) is 93.0 Å². The summed E-state index contributed by atoms with van der Waals surface area (Å²) in [6.45, 7) is 0. The van der Waals surface area contributed by atoms with Gasteiger partial charge in [0.2, 0.25) is 0 Å². The molecule has 0 aliphatic heterocycles. The highest BCUT2D eigenvalue weighted by atomic mass is 32.1. The molecule has 0 radical (unpaired) electrons. The first-order valence-corrected chi connectivity index (χ1v) is 19.9. The first-order chi connectivity index (χ1) is 27.8. The standard InChI is InChI=1S/C54H37NS/c1-5-15-38(16-6-1)40-25-27-41(28-26-40)42-29-31-46(32-30-42)55(47-33-34-53-51(37-47)48-23-13-14-24-52(48)56-53)54-49(43-19-9-3-10-20-43)35-45(39-17-7-2-8-18-39)36-50(54)44-21-11-4-12-22-44/h1-37H. The number of benzene rings is 9. The van der Waals surface area contributed by atoms with E-state index in [0.717, 1.165) is 17.1 Å². The summed E-state index contributed by atoms with van der Waals surface area (Å²) in [4.78, 5) is 2.48. The van der Waals surface area contributed by atoms with Crippen LogP contribution in [0.4, 0.5) is 17.1 Å². The third-order valence-electron chi connectivity index (χ3n) is 10.7. The van der Waals surface area contributed by atoms with Crippen molar-refractivity contribution in [3.63, 3.8) is 0 Å². The summed E-state index contributed by atoms with van der Waals surface area (Å²) in [7, 11) is 0. The van der Waals surface area contributed by atoms with E-state index in [4.69, 9.17) is 0 Å². The SMILES string of the molecule is c1ccc(-c2ccc(-c3ccc(N(c4ccc5sc6ccccc6c5c4)c4c(-c5ccccc5)cc(-c5ccccc5)cc4-c4ccccc4)cc3)cc2)cc1. The van der Waals surface area contributed by atoms with Gasteiger partial charge in [0, 0.05) is 42.7 Å². The molecule has 10 rings (SSSR count). The molecule has 0 aliphatic carbocycles. The quantitative estimate of drug-likeness (QED) is 0.150. The number of rotatable bonds is 8. The van der Waals surface area contributed by atoms with E-state index in [9.17, 15) is 0 Å².